The number of aromatic nitrogens is 2. The number of carbonyl (C=O) groups excluding carboxylic acids is 1. The van der Waals surface area contributed by atoms with Gasteiger partial charge in [-0.3, -0.25) is 0 Å². The third-order valence-corrected chi connectivity index (χ3v) is 3.70. The number of nitrogens with one attached hydrogen (secondary N) is 1. The lowest BCUT2D eigenvalue weighted by atomic mass is 10.1. The van der Waals surface area contributed by atoms with E-state index in [-0.39, 0.29) is 6.03 Å². The molecule has 0 fully saturated rings. The van der Waals surface area contributed by atoms with Crippen LogP contribution in [0.3, 0.4) is 0 Å². The van der Waals surface area contributed by atoms with E-state index >= 15 is 0 Å². The Hall–Kier alpha value is -2.50. The largest absolute Gasteiger partial charge is 0.496 e. The summed E-state index contributed by atoms with van der Waals surface area (Å²) in [5.74, 6) is 0.904. The molecule has 0 unspecified atom stereocenters. The number of rotatable bonds is 6. The van der Waals surface area contributed by atoms with Crippen LogP contribution in [0.25, 0.3) is 0 Å². The molecule has 6 heteroatoms. The third kappa shape index (κ3) is 4.48. The summed E-state index contributed by atoms with van der Waals surface area (Å²) in [7, 11) is 3.47. The zero-order chi connectivity index (χ0) is 16.8. The number of imidazole rings is 1. The van der Waals surface area contributed by atoms with Crippen molar-refractivity contribution >= 4 is 6.03 Å². The number of urea groups is 1. The van der Waals surface area contributed by atoms with Crippen LogP contribution in [-0.4, -0.2) is 41.2 Å². The average Bonchev–Trinajstić information content (AvgIpc) is 3.00. The Morgan fingerprint density at radius 2 is 2.04 bits per heavy atom. The number of hydrogen-bond acceptors (Lipinski definition) is 3. The van der Waals surface area contributed by atoms with Crippen LogP contribution in [0, 0.1) is 13.8 Å². The van der Waals surface area contributed by atoms with Crippen molar-refractivity contribution in [1.29, 1.82) is 0 Å². The summed E-state index contributed by atoms with van der Waals surface area (Å²) < 4.78 is 7.30. The van der Waals surface area contributed by atoms with E-state index in [1.165, 1.54) is 0 Å². The fourth-order valence-electron chi connectivity index (χ4n) is 2.64. The van der Waals surface area contributed by atoms with Crippen molar-refractivity contribution in [3.8, 4) is 5.75 Å². The number of amides is 2. The molecule has 1 aromatic heterocycles. The average molecular weight is 316 g/mol. The highest BCUT2D eigenvalue weighted by Gasteiger charge is 2.11. The zero-order valence-corrected chi connectivity index (χ0v) is 14.2. The maximum atomic E-state index is 12.1. The molecule has 1 heterocycles. The van der Waals surface area contributed by atoms with Gasteiger partial charge in [0.2, 0.25) is 0 Å². The molecule has 2 rings (SSSR count). The molecule has 2 amide bonds. The van der Waals surface area contributed by atoms with E-state index in [1.807, 2.05) is 24.6 Å². The van der Waals surface area contributed by atoms with Gasteiger partial charge in [0.05, 0.1) is 13.4 Å². The van der Waals surface area contributed by atoms with Gasteiger partial charge in [-0.1, -0.05) is 12.1 Å². The molecule has 0 bridgehead atoms. The van der Waals surface area contributed by atoms with E-state index in [2.05, 4.69) is 22.4 Å². The van der Waals surface area contributed by atoms with E-state index in [0.717, 1.165) is 22.4 Å². The highest BCUT2D eigenvalue weighted by atomic mass is 16.5. The molecule has 0 aliphatic rings. The van der Waals surface area contributed by atoms with Crippen LogP contribution in [-0.2, 0) is 13.1 Å². The standard InChI is InChI=1S/C17H24N4O2/c1-13-9-15(10-14(2)16(13)23-4)11-20(3)17(22)19-6-8-21-7-5-18-12-21/h5,7,9-10,12H,6,8,11H2,1-4H3,(H,19,22). The second kappa shape index (κ2) is 7.67. The molecular weight excluding hydrogens is 292 g/mol. The molecule has 0 spiro atoms. The van der Waals surface area contributed by atoms with E-state index < -0.39 is 0 Å². The summed E-state index contributed by atoms with van der Waals surface area (Å²) in [4.78, 5) is 17.8. The first kappa shape index (κ1) is 16.9. The van der Waals surface area contributed by atoms with E-state index in [4.69, 9.17) is 4.74 Å². The van der Waals surface area contributed by atoms with Crippen LogP contribution in [0.1, 0.15) is 16.7 Å². The second-order valence-electron chi connectivity index (χ2n) is 5.65. The van der Waals surface area contributed by atoms with Gasteiger partial charge >= 0.3 is 6.03 Å². The lowest BCUT2D eigenvalue weighted by Crippen LogP contribution is -2.38. The third-order valence-electron chi connectivity index (χ3n) is 3.70. The minimum Gasteiger partial charge on any atom is -0.496 e. The topological polar surface area (TPSA) is 59.4 Å². The van der Waals surface area contributed by atoms with Crippen molar-refractivity contribution in [3.05, 3.63) is 47.5 Å². The molecule has 0 saturated carbocycles. The summed E-state index contributed by atoms with van der Waals surface area (Å²) in [5, 5.41) is 2.91. The summed E-state index contributed by atoms with van der Waals surface area (Å²) in [5.41, 5.74) is 3.25. The minimum atomic E-state index is -0.0868. The zero-order valence-electron chi connectivity index (χ0n) is 14.2. The van der Waals surface area contributed by atoms with Gasteiger partial charge in [-0.25, -0.2) is 9.78 Å². The Morgan fingerprint density at radius 3 is 2.61 bits per heavy atom. The molecule has 0 saturated heterocycles. The first-order valence-electron chi connectivity index (χ1n) is 7.60. The Morgan fingerprint density at radius 1 is 1.35 bits per heavy atom. The normalized spacial score (nSPS) is 10.4. The predicted molar refractivity (Wildman–Crippen MR) is 89.6 cm³/mol. The fraction of sp³-hybridized carbons (Fsp3) is 0.412. The maximum Gasteiger partial charge on any atom is 0.317 e. The van der Waals surface area contributed by atoms with Crippen molar-refractivity contribution in [3.63, 3.8) is 0 Å². The molecule has 1 aromatic carbocycles. The molecule has 2 aromatic rings. The smallest absolute Gasteiger partial charge is 0.317 e. The van der Waals surface area contributed by atoms with Gasteiger partial charge in [0.15, 0.2) is 0 Å². The first-order valence-corrected chi connectivity index (χ1v) is 7.60. The highest BCUT2D eigenvalue weighted by Crippen LogP contribution is 2.24. The molecule has 0 atom stereocenters. The molecule has 0 radical (unpaired) electrons. The van der Waals surface area contributed by atoms with E-state index in [9.17, 15) is 4.79 Å². The van der Waals surface area contributed by atoms with Gasteiger partial charge < -0.3 is 19.5 Å². The molecular formula is C17H24N4O2. The van der Waals surface area contributed by atoms with Crippen LogP contribution in [0.15, 0.2) is 30.9 Å². The number of carbonyl (C=O) groups is 1. The maximum absolute atomic E-state index is 12.1. The van der Waals surface area contributed by atoms with Gasteiger partial charge in [0, 0.05) is 39.1 Å². The van der Waals surface area contributed by atoms with Gasteiger partial charge in [0.25, 0.3) is 0 Å². The summed E-state index contributed by atoms with van der Waals surface area (Å²) >= 11 is 0. The molecule has 0 aliphatic carbocycles. The van der Waals surface area contributed by atoms with Gasteiger partial charge in [-0.15, -0.1) is 0 Å². The van der Waals surface area contributed by atoms with Crippen molar-refractivity contribution in [2.24, 2.45) is 0 Å². The molecule has 0 aliphatic heterocycles. The Bertz CT molecular complexity index is 630. The van der Waals surface area contributed by atoms with Crippen LogP contribution in [0.4, 0.5) is 4.79 Å². The summed E-state index contributed by atoms with van der Waals surface area (Å²) in [6, 6.07) is 4.03. The lowest BCUT2D eigenvalue weighted by molar-refractivity contribution is 0.206. The van der Waals surface area contributed by atoms with E-state index in [0.29, 0.717) is 19.6 Å². The fourth-order valence-corrected chi connectivity index (χ4v) is 2.64. The SMILES string of the molecule is COc1c(C)cc(CN(C)C(=O)NCCn2ccnc2)cc1C. The number of nitrogens with zero attached hydrogens (tertiary/aromatic N) is 3. The van der Waals surface area contributed by atoms with Crippen molar-refractivity contribution in [2.45, 2.75) is 26.9 Å². The number of aryl methyl sites for hydroxylation is 2. The Labute approximate surface area is 137 Å². The molecule has 6 nitrogen and oxygen atoms in total. The van der Waals surface area contributed by atoms with Crippen LogP contribution >= 0.6 is 0 Å². The lowest BCUT2D eigenvalue weighted by Gasteiger charge is -2.19. The quantitative estimate of drug-likeness (QED) is 0.890. The first-order chi connectivity index (χ1) is 11.0. The molecule has 1 N–H and O–H groups in total. The van der Waals surface area contributed by atoms with Gasteiger partial charge in [-0.05, 0) is 30.5 Å². The number of ether oxygens (including phenoxy) is 1. The molecule has 23 heavy (non-hydrogen) atoms. The van der Waals surface area contributed by atoms with Crippen LogP contribution in [0.5, 0.6) is 5.75 Å². The Balaban J connectivity index is 1.88. The van der Waals surface area contributed by atoms with Crippen LogP contribution in [0.2, 0.25) is 0 Å². The molecule has 124 valence electrons. The number of hydrogen-bond donors (Lipinski definition) is 1. The monoisotopic (exact) mass is 316 g/mol. The van der Waals surface area contributed by atoms with Gasteiger partial charge in [-0.2, -0.15) is 0 Å². The summed E-state index contributed by atoms with van der Waals surface area (Å²) in [6.45, 7) is 5.87. The second-order valence-corrected chi connectivity index (χ2v) is 5.65. The summed E-state index contributed by atoms with van der Waals surface area (Å²) in [6.07, 6.45) is 5.33. The van der Waals surface area contributed by atoms with Crippen molar-refractivity contribution < 1.29 is 9.53 Å². The van der Waals surface area contributed by atoms with E-state index in [1.54, 1.807) is 31.6 Å². The Kier molecular flexibility index (Phi) is 5.62. The van der Waals surface area contributed by atoms with Crippen molar-refractivity contribution in [1.82, 2.24) is 19.8 Å². The highest BCUT2D eigenvalue weighted by molar-refractivity contribution is 5.73. The van der Waals surface area contributed by atoms with Gasteiger partial charge in [0.1, 0.15) is 5.75 Å². The van der Waals surface area contributed by atoms with Crippen molar-refractivity contribution in [2.75, 3.05) is 20.7 Å². The number of benzene rings is 1. The minimum absolute atomic E-state index is 0.0868. The predicted octanol–water partition coefficient (Wildman–Crippen LogP) is 2.35. The number of methoxy groups -OCH3 is 1. The van der Waals surface area contributed by atoms with Crippen LogP contribution < -0.4 is 10.1 Å².